The van der Waals surface area contributed by atoms with Gasteiger partial charge in [-0.05, 0) is 19.1 Å². The Hall–Kier alpha value is -1.36. The number of rotatable bonds is 3. The fourth-order valence-corrected chi connectivity index (χ4v) is 1.99. The van der Waals surface area contributed by atoms with E-state index in [4.69, 9.17) is 6.48 Å². The second-order valence-corrected chi connectivity index (χ2v) is 4.77. The smallest absolute Gasteiger partial charge is 0.321 e. The average molecular weight is 215 g/mol. The van der Waals surface area contributed by atoms with Gasteiger partial charge in [0.2, 0.25) is 0 Å². The SMILES string of the molecule is [2H]C(C)(C(=O)O)S(=O)(=O)c1ccccc1. The molecule has 5 heteroatoms. The summed E-state index contributed by atoms with van der Waals surface area (Å²) in [5.74, 6) is -1.69. The van der Waals surface area contributed by atoms with Gasteiger partial charge in [0, 0.05) is 0 Å². The largest absolute Gasteiger partial charge is 0.480 e. The summed E-state index contributed by atoms with van der Waals surface area (Å²) in [7, 11) is -4.17. The van der Waals surface area contributed by atoms with Gasteiger partial charge >= 0.3 is 5.97 Å². The Kier molecular flexibility index (Phi) is 2.49. The van der Waals surface area contributed by atoms with Crippen LogP contribution in [0.15, 0.2) is 35.2 Å². The van der Waals surface area contributed by atoms with Crippen LogP contribution in [0.4, 0.5) is 0 Å². The predicted molar refractivity (Wildman–Crippen MR) is 50.7 cm³/mol. The van der Waals surface area contributed by atoms with Crippen LogP contribution >= 0.6 is 0 Å². The molecule has 14 heavy (non-hydrogen) atoms. The molecular weight excluding hydrogens is 204 g/mol. The topological polar surface area (TPSA) is 71.4 Å². The highest BCUT2D eigenvalue weighted by Gasteiger charge is 2.28. The van der Waals surface area contributed by atoms with E-state index in [1.807, 2.05) is 0 Å². The molecule has 0 spiro atoms. The molecule has 0 saturated heterocycles. The minimum absolute atomic E-state index is 0.162. The summed E-state index contributed by atoms with van der Waals surface area (Å²) in [5, 5.41) is 6.11. The number of carboxylic acid groups (broad SMARTS) is 1. The number of hydrogen-bond acceptors (Lipinski definition) is 3. The average Bonchev–Trinajstić information content (AvgIpc) is 2.18. The van der Waals surface area contributed by atoms with Gasteiger partial charge in [0.05, 0.1) is 6.27 Å². The van der Waals surface area contributed by atoms with Gasteiger partial charge in [0.15, 0.2) is 15.1 Å². The van der Waals surface area contributed by atoms with Crippen molar-refractivity contribution in [3.8, 4) is 0 Å². The lowest BCUT2D eigenvalue weighted by Gasteiger charge is -2.07. The van der Waals surface area contributed by atoms with E-state index < -0.39 is 21.0 Å². The standard InChI is InChI=1S/C9H10O4S/c1-7(9(10)11)14(12,13)8-5-3-2-4-6-8/h2-7H,1H3,(H,10,11)/i7D. The van der Waals surface area contributed by atoms with Crippen LogP contribution in [0, 0.1) is 0 Å². The van der Waals surface area contributed by atoms with Gasteiger partial charge in [-0.2, -0.15) is 0 Å². The first kappa shape index (κ1) is 9.21. The molecule has 0 bridgehead atoms. The molecule has 1 aromatic carbocycles. The second-order valence-electron chi connectivity index (χ2n) is 2.68. The zero-order valence-corrected chi connectivity index (χ0v) is 8.28. The van der Waals surface area contributed by atoms with Gasteiger partial charge in [-0.3, -0.25) is 4.79 Å². The van der Waals surface area contributed by atoms with Crippen LogP contribution in [0.1, 0.15) is 8.29 Å². The van der Waals surface area contributed by atoms with Gasteiger partial charge < -0.3 is 5.11 Å². The van der Waals surface area contributed by atoms with Crippen molar-refractivity contribution in [1.29, 1.82) is 0 Å². The Labute approximate surface area is 83.5 Å². The molecule has 0 aliphatic heterocycles. The molecule has 1 rings (SSSR count). The van der Waals surface area contributed by atoms with Crippen LogP contribution in [0.3, 0.4) is 0 Å². The van der Waals surface area contributed by atoms with Crippen molar-refractivity contribution >= 4 is 15.8 Å². The van der Waals surface area contributed by atoms with Crippen molar-refractivity contribution in [3.63, 3.8) is 0 Å². The summed E-state index contributed by atoms with van der Waals surface area (Å²) in [6, 6.07) is 7.10. The highest BCUT2D eigenvalue weighted by atomic mass is 32.2. The van der Waals surface area contributed by atoms with Crippen molar-refractivity contribution in [3.05, 3.63) is 30.3 Å². The van der Waals surface area contributed by atoms with Crippen molar-refractivity contribution in [2.75, 3.05) is 0 Å². The molecule has 4 nitrogen and oxygen atoms in total. The maximum absolute atomic E-state index is 11.7. The molecule has 1 N–H and O–H groups in total. The molecule has 0 saturated carbocycles. The molecule has 0 amide bonds. The summed E-state index contributed by atoms with van der Waals surface area (Å²) in [6.07, 6.45) is 0. The van der Waals surface area contributed by atoms with Gasteiger partial charge in [0.1, 0.15) is 0 Å². The van der Waals surface area contributed by atoms with E-state index in [2.05, 4.69) is 0 Å². The normalized spacial score (nSPS) is 16.8. The lowest BCUT2D eigenvalue weighted by atomic mass is 10.4. The lowest BCUT2D eigenvalue weighted by Crippen LogP contribution is -2.26. The fourth-order valence-electron chi connectivity index (χ4n) is 0.891. The first-order chi connectivity index (χ1) is 6.80. The number of sulfone groups is 1. The monoisotopic (exact) mass is 215 g/mol. The number of aliphatic carboxylic acids is 1. The third kappa shape index (κ3) is 1.93. The highest BCUT2D eigenvalue weighted by molar-refractivity contribution is 7.92. The summed E-state index contributed by atoms with van der Waals surface area (Å²) in [4.78, 5) is 10.5. The first-order valence-corrected chi connectivity index (χ1v) is 5.31. The third-order valence-electron chi connectivity index (χ3n) is 1.76. The van der Waals surface area contributed by atoms with E-state index in [0.29, 0.717) is 0 Å². The summed E-state index contributed by atoms with van der Waals surface area (Å²) in [6.45, 7) is 0.845. The maximum atomic E-state index is 11.7. The minimum atomic E-state index is -4.17. The summed E-state index contributed by atoms with van der Waals surface area (Å²) < 4.78 is 30.8. The molecule has 0 aliphatic carbocycles. The van der Waals surface area contributed by atoms with E-state index in [9.17, 15) is 13.2 Å². The van der Waals surface area contributed by atoms with Crippen LogP contribution in [-0.4, -0.2) is 24.7 Å². The molecule has 0 fully saturated rings. The molecule has 0 radical (unpaired) electrons. The zero-order valence-electron chi connectivity index (χ0n) is 8.47. The van der Waals surface area contributed by atoms with E-state index in [-0.39, 0.29) is 4.90 Å². The van der Waals surface area contributed by atoms with E-state index >= 15 is 0 Å². The van der Waals surface area contributed by atoms with Gasteiger partial charge in [0.25, 0.3) is 0 Å². The zero-order chi connectivity index (χ0) is 11.7. The van der Waals surface area contributed by atoms with Gasteiger partial charge in [-0.1, -0.05) is 18.2 Å². The van der Waals surface area contributed by atoms with Crippen LogP contribution in [0.2, 0.25) is 0 Å². The molecule has 1 unspecified atom stereocenters. The number of carboxylic acids is 1. The Morgan fingerprint density at radius 3 is 2.36 bits per heavy atom. The Morgan fingerprint density at radius 1 is 1.43 bits per heavy atom. The van der Waals surface area contributed by atoms with Crippen molar-refractivity contribution in [2.45, 2.75) is 17.0 Å². The Balaban J connectivity index is 3.33. The molecule has 76 valence electrons. The molecule has 0 aliphatic rings. The molecule has 0 aromatic heterocycles. The Bertz CT molecular complexity index is 464. The second kappa shape index (κ2) is 3.79. The number of hydrogen-bond donors (Lipinski definition) is 1. The van der Waals surface area contributed by atoms with Crippen LogP contribution in [0.5, 0.6) is 0 Å². The van der Waals surface area contributed by atoms with Crippen molar-refractivity contribution < 1.29 is 19.7 Å². The third-order valence-corrected chi connectivity index (χ3v) is 3.63. The van der Waals surface area contributed by atoms with Crippen LogP contribution in [-0.2, 0) is 14.6 Å². The fraction of sp³-hybridized carbons (Fsp3) is 0.222. The van der Waals surface area contributed by atoms with E-state index in [1.165, 1.54) is 24.3 Å². The predicted octanol–water partition coefficient (Wildman–Crippen LogP) is 0.933. The molecule has 1 aromatic rings. The van der Waals surface area contributed by atoms with Crippen LogP contribution < -0.4 is 0 Å². The lowest BCUT2D eigenvalue weighted by molar-refractivity contribution is -0.136. The van der Waals surface area contributed by atoms with Crippen LogP contribution in [0.25, 0.3) is 0 Å². The highest BCUT2D eigenvalue weighted by Crippen LogP contribution is 2.15. The Morgan fingerprint density at radius 2 is 1.93 bits per heavy atom. The molecule has 1 atom stereocenters. The molecule has 0 heterocycles. The molecular formula is C9H10O4S. The van der Waals surface area contributed by atoms with Crippen molar-refractivity contribution in [1.82, 2.24) is 0 Å². The maximum Gasteiger partial charge on any atom is 0.321 e. The van der Waals surface area contributed by atoms with Gasteiger partial charge in [-0.25, -0.2) is 8.42 Å². The van der Waals surface area contributed by atoms with Crippen molar-refractivity contribution in [2.24, 2.45) is 0 Å². The summed E-state index contributed by atoms with van der Waals surface area (Å²) in [5.41, 5.74) is 0. The number of benzene rings is 1. The first-order valence-electron chi connectivity index (χ1n) is 4.33. The summed E-state index contributed by atoms with van der Waals surface area (Å²) >= 11 is 0. The van der Waals surface area contributed by atoms with Gasteiger partial charge in [-0.15, -0.1) is 0 Å². The van der Waals surface area contributed by atoms with E-state index in [1.54, 1.807) is 6.07 Å². The quantitative estimate of drug-likeness (QED) is 0.814. The number of carbonyl (C=O) groups is 1. The minimum Gasteiger partial charge on any atom is -0.480 e. The van der Waals surface area contributed by atoms with E-state index in [0.717, 1.165) is 6.92 Å².